The van der Waals surface area contributed by atoms with Crippen LogP contribution in [0.25, 0.3) is 0 Å². The Balaban J connectivity index is 2.03. The van der Waals surface area contributed by atoms with Crippen molar-refractivity contribution in [3.63, 3.8) is 0 Å². The molecule has 0 atom stereocenters. The van der Waals surface area contributed by atoms with Crippen LogP contribution in [0.2, 0.25) is 0 Å². The van der Waals surface area contributed by atoms with E-state index in [0.717, 1.165) is 18.5 Å². The first-order chi connectivity index (χ1) is 10.9. The molecule has 0 spiro atoms. The number of thiocarbonyl (C=S) groups is 1. The number of anilines is 1. The summed E-state index contributed by atoms with van der Waals surface area (Å²) in [4.78, 5) is 0.322. The van der Waals surface area contributed by atoms with Gasteiger partial charge in [0.2, 0.25) is 10.0 Å². The first-order valence-corrected chi connectivity index (χ1v) is 9.54. The average molecular weight is 354 g/mol. The van der Waals surface area contributed by atoms with Gasteiger partial charge >= 0.3 is 0 Å². The highest BCUT2D eigenvalue weighted by Crippen LogP contribution is 2.24. The summed E-state index contributed by atoms with van der Waals surface area (Å²) in [6.07, 6.45) is 3.55. The van der Waals surface area contributed by atoms with Gasteiger partial charge in [0.25, 0.3) is 0 Å². The lowest BCUT2D eigenvalue weighted by molar-refractivity contribution is 0.288. The van der Waals surface area contributed by atoms with E-state index in [0.29, 0.717) is 35.6 Å². The molecular weight excluding hydrogens is 330 g/mol. The third kappa shape index (κ3) is 4.76. The van der Waals surface area contributed by atoms with E-state index in [9.17, 15) is 8.42 Å². The normalized spacial score (nSPS) is 16.7. The molecule has 2 rings (SSSR count). The van der Waals surface area contributed by atoms with Crippen molar-refractivity contribution < 1.29 is 8.42 Å². The molecule has 1 aromatic carbocycles. The van der Waals surface area contributed by atoms with E-state index in [1.807, 2.05) is 0 Å². The molecule has 7 heteroatoms. The van der Waals surface area contributed by atoms with Gasteiger partial charge in [0.15, 0.2) is 5.11 Å². The third-order valence-corrected chi connectivity index (χ3v) is 6.06. The van der Waals surface area contributed by atoms with Crippen LogP contribution in [-0.4, -0.2) is 37.5 Å². The van der Waals surface area contributed by atoms with E-state index < -0.39 is 10.0 Å². The van der Waals surface area contributed by atoms with Crippen LogP contribution in [0.5, 0.6) is 0 Å². The second-order valence-electron chi connectivity index (χ2n) is 5.73. The minimum Gasteiger partial charge on any atom is -0.359 e. The van der Waals surface area contributed by atoms with Gasteiger partial charge in [0.1, 0.15) is 0 Å². The van der Waals surface area contributed by atoms with Gasteiger partial charge in [-0.25, -0.2) is 8.42 Å². The van der Waals surface area contributed by atoms with Crippen LogP contribution in [0.4, 0.5) is 5.69 Å². The zero-order valence-electron chi connectivity index (χ0n) is 13.3. The van der Waals surface area contributed by atoms with Crippen LogP contribution < -0.4 is 10.6 Å². The Hall–Kier alpha value is -1.44. The van der Waals surface area contributed by atoms with E-state index >= 15 is 0 Å². The predicted molar refractivity (Wildman–Crippen MR) is 98.0 cm³/mol. The fourth-order valence-corrected chi connectivity index (χ4v) is 4.10. The highest BCUT2D eigenvalue weighted by Gasteiger charge is 2.27. The maximum atomic E-state index is 12.6. The molecule has 2 N–H and O–H groups in total. The molecule has 0 amide bonds. The summed E-state index contributed by atoms with van der Waals surface area (Å²) >= 11 is 5.12. The van der Waals surface area contributed by atoms with Crippen molar-refractivity contribution in [2.24, 2.45) is 5.92 Å². The molecule has 0 unspecified atom stereocenters. The first kappa shape index (κ1) is 17.9. The number of sulfonamides is 1. The molecule has 0 bridgehead atoms. The molecule has 5 nitrogen and oxygen atoms in total. The summed E-state index contributed by atoms with van der Waals surface area (Å²) in [5, 5.41) is 6.44. The Morgan fingerprint density at radius 3 is 2.52 bits per heavy atom. The summed E-state index contributed by atoms with van der Waals surface area (Å²) in [6.45, 7) is 7.53. The highest BCUT2D eigenvalue weighted by molar-refractivity contribution is 7.89. The SMILES string of the molecule is C=CCNC(=S)Nc1ccc(S(=O)(=O)N2CCC(C)CC2)cc1. The van der Waals surface area contributed by atoms with Crippen molar-refractivity contribution in [1.82, 2.24) is 9.62 Å². The summed E-state index contributed by atoms with van der Waals surface area (Å²) in [5.74, 6) is 0.595. The van der Waals surface area contributed by atoms with E-state index in [1.54, 1.807) is 34.6 Å². The van der Waals surface area contributed by atoms with E-state index in [2.05, 4.69) is 24.1 Å². The Kier molecular flexibility index (Phi) is 6.15. The molecule has 1 aliphatic rings. The van der Waals surface area contributed by atoms with Crippen LogP contribution >= 0.6 is 12.2 Å². The Morgan fingerprint density at radius 1 is 1.35 bits per heavy atom. The first-order valence-electron chi connectivity index (χ1n) is 7.69. The molecule has 0 aliphatic carbocycles. The fourth-order valence-electron chi connectivity index (χ4n) is 2.42. The summed E-state index contributed by atoms with van der Waals surface area (Å²) < 4.78 is 26.8. The van der Waals surface area contributed by atoms with Crippen LogP contribution in [0.15, 0.2) is 41.8 Å². The standard InChI is InChI=1S/C16H23N3O2S2/c1-3-10-17-16(22)18-14-4-6-15(7-5-14)23(20,21)19-11-8-13(2)9-12-19/h3-7,13H,1,8-12H2,2H3,(H2,17,18,22). The number of nitrogens with zero attached hydrogens (tertiary/aromatic N) is 1. The van der Waals surface area contributed by atoms with Crippen molar-refractivity contribution in [3.05, 3.63) is 36.9 Å². The molecule has 1 aromatic rings. The second kappa shape index (κ2) is 7.90. The highest BCUT2D eigenvalue weighted by atomic mass is 32.2. The van der Waals surface area contributed by atoms with Gasteiger partial charge in [-0.3, -0.25) is 0 Å². The molecular formula is C16H23N3O2S2. The number of rotatable bonds is 5. The van der Waals surface area contributed by atoms with Gasteiger partial charge < -0.3 is 10.6 Å². The molecule has 0 aromatic heterocycles. The lowest BCUT2D eigenvalue weighted by Crippen LogP contribution is -2.37. The Labute approximate surface area is 143 Å². The van der Waals surface area contributed by atoms with Crippen molar-refractivity contribution in [2.75, 3.05) is 25.0 Å². The topological polar surface area (TPSA) is 61.4 Å². The molecule has 23 heavy (non-hydrogen) atoms. The minimum atomic E-state index is -3.40. The summed E-state index contributed by atoms with van der Waals surface area (Å²) in [6, 6.07) is 6.68. The van der Waals surface area contributed by atoms with Gasteiger partial charge in [0.05, 0.1) is 4.90 Å². The third-order valence-electron chi connectivity index (χ3n) is 3.90. The zero-order chi connectivity index (χ0) is 16.9. The lowest BCUT2D eigenvalue weighted by atomic mass is 10.0. The predicted octanol–water partition coefficient (Wildman–Crippen LogP) is 2.58. The number of nitrogens with one attached hydrogen (secondary N) is 2. The molecule has 1 fully saturated rings. The van der Waals surface area contributed by atoms with Crippen LogP contribution in [0, 0.1) is 5.92 Å². The van der Waals surface area contributed by atoms with Crippen molar-refractivity contribution >= 4 is 33.0 Å². The van der Waals surface area contributed by atoms with Gasteiger partial charge in [0, 0.05) is 25.3 Å². The largest absolute Gasteiger partial charge is 0.359 e. The molecule has 0 saturated carbocycles. The number of benzene rings is 1. The van der Waals surface area contributed by atoms with Crippen molar-refractivity contribution in [3.8, 4) is 0 Å². The van der Waals surface area contributed by atoms with Gasteiger partial charge in [-0.2, -0.15) is 4.31 Å². The molecule has 126 valence electrons. The average Bonchev–Trinajstić information content (AvgIpc) is 2.54. The Bertz CT molecular complexity index is 648. The van der Waals surface area contributed by atoms with Crippen LogP contribution in [0.1, 0.15) is 19.8 Å². The number of piperidine rings is 1. The second-order valence-corrected chi connectivity index (χ2v) is 8.08. The van der Waals surface area contributed by atoms with E-state index in [4.69, 9.17) is 12.2 Å². The Morgan fingerprint density at radius 2 is 1.96 bits per heavy atom. The minimum absolute atomic E-state index is 0.322. The molecule has 0 radical (unpaired) electrons. The van der Waals surface area contributed by atoms with E-state index in [-0.39, 0.29) is 0 Å². The molecule has 1 heterocycles. The van der Waals surface area contributed by atoms with Gasteiger partial charge in [-0.05, 0) is 55.2 Å². The quantitative estimate of drug-likeness (QED) is 0.629. The number of hydrogen-bond donors (Lipinski definition) is 2. The van der Waals surface area contributed by atoms with Crippen LogP contribution in [0.3, 0.4) is 0 Å². The summed E-state index contributed by atoms with van der Waals surface area (Å²) in [5.41, 5.74) is 0.748. The van der Waals surface area contributed by atoms with E-state index in [1.165, 1.54) is 0 Å². The van der Waals surface area contributed by atoms with Crippen molar-refractivity contribution in [2.45, 2.75) is 24.7 Å². The summed E-state index contributed by atoms with van der Waals surface area (Å²) in [7, 11) is -3.40. The van der Waals surface area contributed by atoms with Gasteiger partial charge in [-0.1, -0.05) is 13.0 Å². The monoisotopic (exact) mass is 353 g/mol. The fraction of sp³-hybridized carbons (Fsp3) is 0.438. The van der Waals surface area contributed by atoms with Crippen molar-refractivity contribution in [1.29, 1.82) is 0 Å². The van der Waals surface area contributed by atoms with Gasteiger partial charge in [-0.15, -0.1) is 6.58 Å². The maximum absolute atomic E-state index is 12.6. The zero-order valence-corrected chi connectivity index (χ0v) is 14.9. The maximum Gasteiger partial charge on any atom is 0.243 e. The van der Waals surface area contributed by atoms with Crippen LogP contribution in [-0.2, 0) is 10.0 Å². The molecule has 1 aliphatic heterocycles. The lowest BCUT2D eigenvalue weighted by Gasteiger charge is -2.29. The number of hydrogen-bond acceptors (Lipinski definition) is 3. The molecule has 1 saturated heterocycles. The smallest absolute Gasteiger partial charge is 0.243 e.